The number of hydrogen-bond donors (Lipinski definition) is 1. The molecule has 0 radical (unpaired) electrons. The number of nitrogens with zero attached hydrogens (tertiary/aromatic N) is 5. The summed E-state index contributed by atoms with van der Waals surface area (Å²) in [5, 5.41) is 3.73. The van der Waals surface area contributed by atoms with Crippen molar-refractivity contribution < 1.29 is 9.47 Å². The molecule has 2 aromatic heterocycles. The summed E-state index contributed by atoms with van der Waals surface area (Å²) in [6.45, 7) is 6.08. The van der Waals surface area contributed by atoms with E-state index in [2.05, 4.69) is 37.1 Å². The van der Waals surface area contributed by atoms with Crippen LogP contribution in [-0.2, 0) is 6.61 Å². The van der Waals surface area contributed by atoms with E-state index in [4.69, 9.17) is 21.1 Å². The molecule has 1 fully saturated rings. The summed E-state index contributed by atoms with van der Waals surface area (Å²) >= 11 is 6.39. The predicted molar refractivity (Wildman–Crippen MR) is 125 cm³/mol. The van der Waals surface area contributed by atoms with Gasteiger partial charge in [0.25, 0.3) is 0 Å². The van der Waals surface area contributed by atoms with E-state index in [1.54, 1.807) is 24.5 Å². The van der Waals surface area contributed by atoms with Crippen LogP contribution >= 0.6 is 11.6 Å². The van der Waals surface area contributed by atoms with Crippen LogP contribution in [0.15, 0.2) is 54.9 Å². The van der Waals surface area contributed by atoms with E-state index in [0.29, 0.717) is 35.8 Å². The molecule has 1 aliphatic rings. The normalized spacial score (nSPS) is 14.8. The molecular weight excluding hydrogens is 428 g/mol. The van der Waals surface area contributed by atoms with Crippen molar-refractivity contribution in [1.29, 1.82) is 0 Å². The first kappa shape index (κ1) is 22.3. The summed E-state index contributed by atoms with van der Waals surface area (Å²) in [6.07, 6.45) is 3.41. The summed E-state index contributed by atoms with van der Waals surface area (Å²) in [5.74, 6) is 1.23. The zero-order valence-corrected chi connectivity index (χ0v) is 18.8. The van der Waals surface area contributed by atoms with Gasteiger partial charge in [-0.25, -0.2) is 4.98 Å². The Bertz CT molecular complexity index is 999. The minimum Gasteiger partial charge on any atom is -0.486 e. The molecule has 1 aliphatic heterocycles. The molecule has 3 heterocycles. The molecule has 0 atom stereocenters. The number of anilines is 2. The molecule has 0 amide bonds. The molecule has 0 unspecified atom stereocenters. The number of nitrogens with one attached hydrogen (secondary N) is 1. The van der Waals surface area contributed by atoms with Crippen LogP contribution in [0.25, 0.3) is 0 Å². The highest BCUT2D eigenvalue weighted by molar-refractivity contribution is 6.32. The fraction of sp³-hybridized carbons (Fsp3) is 0.348. The van der Waals surface area contributed by atoms with Crippen molar-refractivity contribution in [3.05, 3.63) is 65.6 Å². The molecule has 1 aromatic carbocycles. The summed E-state index contributed by atoms with van der Waals surface area (Å²) in [5.41, 5.74) is 1.63. The van der Waals surface area contributed by atoms with Crippen LogP contribution in [0.2, 0.25) is 5.02 Å². The molecule has 0 bridgehead atoms. The standard InChI is InChI=1S/C23H27ClN6O2/c1-29-10-12-30(13-11-29)14-15-31-23-26-9-7-22(28-23)27-18-5-6-21(20(24)16-18)32-17-19-4-2-3-8-25-19/h2-9,16H,10-15,17H2,1H3,(H,26,27,28). The molecule has 3 aromatic rings. The quantitative estimate of drug-likeness (QED) is 0.526. The molecule has 8 nitrogen and oxygen atoms in total. The zero-order valence-electron chi connectivity index (χ0n) is 18.1. The predicted octanol–water partition coefficient (Wildman–Crippen LogP) is 3.47. The van der Waals surface area contributed by atoms with Crippen LogP contribution in [0.1, 0.15) is 5.69 Å². The number of rotatable bonds is 9. The van der Waals surface area contributed by atoms with Gasteiger partial charge in [0.2, 0.25) is 0 Å². The Hall–Kier alpha value is -2.94. The number of likely N-dealkylation sites (N-methyl/N-ethyl adjacent to an activating group) is 1. The van der Waals surface area contributed by atoms with Crippen LogP contribution in [0.4, 0.5) is 11.5 Å². The fourth-order valence-corrected chi connectivity index (χ4v) is 3.53. The van der Waals surface area contributed by atoms with Crippen LogP contribution in [0, 0.1) is 0 Å². The minimum atomic E-state index is 0.352. The van der Waals surface area contributed by atoms with E-state index >= 15 is 0 Å². The highest BCUT2D eigenvalue weighted by Crippen LogP contribution is 2.29. The third-order valence-electron chi connectivity index (χ3n) is 5.17. The third-order valence-corrected chi connectivity index (χ3v) is 5.47. The Labute approximate surface area is 193 Å². The van der Waals surface area contributed by atoms with Crippen LogP contribution in [0.3, 0.4) is 0 Å². The van der Waals surface area contributed by atoms with Gasteiger partial charge in [-0.2, -0.15) is 4.98 Å². The largest absolute Gasteiger partial charge is 0.486 e. The maximum Gasteiger partial charge on any atom is 0.318 e. The van der Waals surface area contributed by atoms with Gasteiger partial charge in [-0.05, 0) is 43.4 Å². The lowest BCUT2D eigenvalue weighted by Gasteiger charge is -2.31. The van der Waals surface area contributed by atoms with Crippen LogP contribution in [-0.4, -0.2) is 71.1 Å². The van der Waals surface area contributed by atoms with Crippen molar-refractivity contribution in [3.8, 4) is 11.8 Å². The number of halogens is 1. The number of aromatic nitrogens is 3. The Kier molecular flexibility index (Phi) is 7.71. The van der Waals surface area contributed by atoms with E-state index in [0.717, 1.165) is 44.1 Å². The molecule has 9 heteroatoms. The van der Waals surface area contributed by atoms with Gasteiger partial charge in [-0.1, -0.05) is 17.7 Å². The first-order chi connectivity index (χ1) is 15.7. The number of piperazine rings is 1. The molecule has 32 heavy (non-hydrogen) atoms. The molecule has 1 saturated heterocycles. The topological polar surface area (TPSA) is 75.6 Å². The van der Waals surface area contributed by atoms with Gasteiger partial charge in [-0.15, -0.1) is 0 Å². The maximum atomic E-state index is 6.39. The first-order valence-electron chi connectivity index (χ1n) is 10.6. The van der Waals surface area contributed by atoms with Crippen molar-refractivity contribution in [3.63, 3.8) is 0 Å². The van der Waals surface area contributed by atoms with Gasteiger partial charge in [0, 0.05) is 50.8 Å². The van der Waals surface area contributed by atoms with Crippen molar-refractivity contribution in [2.75, 3.05) is 51.7 Å². The lowest BCUT2D eigenvalue weighted by Crippen LogP contribution is -2.45. The third kappa shape index (κ3) is 6.53. The second-order valence-electron chi connectivity index (χ2n) is 7.60. The zero-order chi connectivity index (χ0) is 22.2. The highest BCUT2D eigenvalue weighted by Gasteiger charge is 2.13. The van der Waals surface area contributed by atoms with E-state index in [1.165, 1.54) is 0 Å². The lowest BCUT2D eigenvalue weighted by molar-refractivity contribution is 0.131. The van der Waals surface area contributed by atoms with Crippen molar-refractivity contribution >= 4 is 23.1 Å². The number of hydrogen-bond acceptors (Lipinski definition) is 8. The smallest absolute Gasteiger partial charge is 0.318 e. The molecule has 4 rings (SSSR count). The number of benzene rings is 1. The van der Waals surface area contributed by atoms with Crippen molar-refractivity contribution in [2.45, 2.75) is 6.61 Å². The van der Waals surface area contributed by atoms with Crippen molar-refractivity contribution in [1.82, 2.24) is 24.8 Å². The molecule has 1 N–H and O–H groups in total. The summed E-state index contributed by atoms with van der Waals surface area (Å²) < 4.78 is 11.5. The van der Waals surface area contributed by atoms with E-state index in [1.807, 2.05) is 30.3 Å². The summed E-state index contributed by atoms with van der Waals surface area (Å²) in [6, 6.07) is 13.3. The van der Waals surface area contributed by atoms with E-state index < -0.39 is 0 Å². The Morgan fingerprint density at radius 2 is 1.88 bits per heavy atom. The number of ether oxygens (including phenoxy) is 2. The van der Waals surface area contributed by atoms with Gasteiger partial charge in [0.1, 0.15) is 24.8 Å². The van der Waals surface area contributed by atoms with E-state index in [-0.39, 0.29) is 0 Å². The highest BCUT2D eigenvalue weighted by atomic mass is 35.5. The second kappa shape index (κ2) is 11.1. The lowest BCUT2D eigenvalue weighted by atomic mass is 10.3. The van der Waals surface area contributed by atoms with Gasteiger partial charge in [0.15, 0.2) is 0 Å². The second-order valence-corrected chi connectivity index (χ2v) is 8.00. The molecule has 0 aliphatic carbocycles. The van der Waals surface area contributed by atoms with Crippen LogP contribution < -0.4 is 14.8 Å². The summed E-state index contributed by atoms with van der Waals surface area (Å²) in [7, 11) is 2.15. The Morgan fingerprint density at radius 1 is 1.00 bits per heavy atom. The van der Waals surface area contributed by atoms with Crippen molar-refractivity contribution in [2.24, 2.45) is 0 Å². The fourth-order valence-electron chi connectivity index (χ4n) is 3.30. The van der Waals surface area contributed by atoms with Gasteiger partial charge in [0.05, 0.1) is 10.7 Å². The van der Waals surface area contributed by atoms with Gasteiger partial charge in [-0.3, -0.25) is 9.88 Å². The monoisotopic (exact) mass is 454 g/mol. The van der Waals surface area contributed by atoms with Crippen LogP contribution in [0.5, 0.6) is 11.8 Å². The van der Waals surface area contributed by atoms with Gasteiger partial charge < -0.3 is 19.7 Å². The number of pyridine rings is 1. The Morgan fingerprint density at radius 3 is 2.66 bits per heavy atom. The van der Waals surface area contributed by atoms with Gasteiger partial charge >= 0.3 is 6.01 Å². The SMILES string of the molecule is CN1CCN(CCOc2nccc(Nc3ccc(OCc4ccccn4)c(Cl)c3)n2)CC1. The minimum absolute atomic E-state index is 0.352. The molecule has 0 spiro atoms. The first-order valence-corrected chi connectivity index (χ1v) is 11.0. The summed E-state index contributed by atoms with van der Waals surface area (Å²) in [4.78, 5) is 17.6. The average Bonchev–Trinajstić information content (AvgIpc) is 2.81. The Balaban J connectivity index is 1.28. The maximum absolute atomic E-state index is 6.39. The average molecular weight is 455 g/mol. The molecular formula is C23H27ClN6O2. The van der Waals surface area contributed by atoms with E-state index in [9.17, 15) is 0 Å². The molecule has 0 saturated carbocycles. The molecule has 168 valence electrons.